The summed E-state index contributed by atoms with van der Waals surface area (Å²) in [4.78, 5) is 0.103. The van der Waals surface area contributed by atoms with Gasteiger partial charge in [0.25, 0.3) is 0 Å². The minimum absolute atomic E-state index is 0.0733. The zero-order valence-electron chi connectivity index (χ0n) is 12.4. The van der Waals surface area contributed by atoms with Gasteiger partial charge in [0, 0.05) is 0 Å². The van der Waals surface area contributed by atoms with Gasteiger partial charge in [-0.15, -0.1) is 0 Å². The molecule has 0 aliphatic carbocycles. The highest BCUT2D eigenvalue weighted by Gasteiger charge is 2.20. The smallest absolute Gasteiger partial charge is 0.210 e. The Morgan fingerprint density at radius 3 is 1.91 bits per heavy atom. The summed E-state index contributed by atoms with van der Waals surface area (Å²) in [7, 11) is -3.71. The van der Waals surface area contributed by atoms with E-state index in [4.69, 9.17) is 0 Å². The fourth-order valence-electron chi connectivity index (χ4n) is 2.43. The second-order valence-corrected chi connectivity index (χ2v) is 7.20. The van der Waals surface area contributed by atoms with Crippen LogP contribution in [0, 0.1) is 0 Å². The van der Waals surface area contributed by atoms with Crippen LogP contribution in [0.5, 0.6) is 5.75 Å². The molecule has 0 heterocycles. The molecule has 0 unspecified atom stereocenters. The zero-order chi connectivity index (χ0) is 16.3. The molecule has 0 aliphatic rings. The summed E-state index contributed by atoms with van der Waals surface area (Å²) in [6, 6.07) is 22.7. The van der Waals surface area contributed by atoms with Gasteiger partial charge in [-0.05, 0) is 41.8 Å². The van der Waals surface area contributed by atoms with Gasteiger partial charge in [-0.2, -0.15) is 0 Å². The standard InChI is InChI=1S/C19H16O3S/c20-18-8-4-5-9-19(18)23(21,22)17-12-10-16(11-13-17)14-15-6-2-1-3-7-15/h1-13,20H,14H2. The lowest BCUT2D eigenvalue weighted by Crippen LogP contribution is -2.02. The highest BCUT2D eigenvalue weighted by Crippen LogP contribution is 2.28. The fraction of sp³-hybridized carbons (Fsp3) is 0.0526. The lowest BCUT2D eigenvalue weighted by molar-refractivity contribution is 0.459. The van der Waals surface area contributed by atoms with Crippen molar-refractivity contribution in [1.82, 2.24) is 0 Å². The van der Waals surface area contributed by atoms with Gasteiger partial charge >= 0.3 is 0 Å². The SMILES string of the molecule is O=S(=O)(c1ccc(Cc2ccccc2)cc1)c1ccccc1O. The summed E-state index contributed by atoms with van der Waals surface area (Å²) in [6.45, 7) is 0. The first-order valence-corrected chi connectivity index (χ1v) is 8.71. The molecule has 3 aromatic rings. The predicted octanol–water partition coefficient (Wildman–Crippen LogP) is 3.82. The van der Waals surface area contributed by atoms with Crippen LogP contribution in [0.2, 0.25) is 0 Å². The minimum atomic E-state index is -3.71. The van der Waals surface area contributed by atoms with E-state index in [1.54, 1.807) is 36.4 Å². The Balaban J connectivity index is 1.89. The number of hydrogen-bond acceptors (Lipinski definition) is 3. The monoisotopic (exact) mass is 324 g/mol. The quantitative estimate of drug-likeness (QED) is 0.794. The van der Waals surface area contributed by atoms with Gasteiger partial charge in [0.05, 0.1) is 4.90 Å². The zero-order valence-corrected chi connectivity index (χ0v) is 13.2. The number of sulfone groups is 1. The molecule has 0 amide bonds. The Morgan fingerprint density at radius 2 is 1.26 bits per heavy atom. The summed E-state index contributed by atoms with van der Waals surface area (Å²) < 4.78 is 25.1. The van der Waals surface area contributed by atoms with Gasteiger partial charge in [0.15, 0.2) is 0 Å². The normalized spacial score (nSPS) is 11.3. The van der Waals surface area contributed by atoms with Crippen LogP contribution in [0.15, 0.2) is 88.7 Å². The van der Waals surface area contributed by atoms with Gasteiger partial charge in [-0.3, -0.25) is 0 Å². The van der Waals surface area contributed by atoms with Crippen molar-refractivity contribution < 1.29 is 13.5 Å². The molecule has 4 heteroatoms. The summed E-state index contributed by atoms with van der Waals surface area (Å²) in [6.07, 6.45) is 0.748. The highest BCUT2D eigenvalue weighted by atomic mass is 32.2. The van der Waals surface area contributed by atoms with E-state index in [2.05, 4.69) is 0 Å². The number of benzene rings is 3. The van der Waals surface area contributed by atoms with Gasteiger partial charge in [-0.25, -0.2) is 8.42 Å². The number of phenolic OH excluding ortho intramolecular Hbond substituents is 1. The van der Waals surface area contributed by atoms with Crippen LogP contribution in [-0.4, -0.2) is 13.5 Å². The lowest BCUT2D eigenvalue weighted by Gasteiger charge is -2.08. The molecule has 0 aromatic heterocycles. The van der Waals surface area contributed by atoms with Crippen molar-refractivity contribution in [2.75, 3.05) is 0 Å². The van der Waals surface area contributed by atoms with Crippen molar-refractivity contribution in [1.29, 1.82) is 0 Å². The first-order valence-electron chi connectivity index (χ1n) is 7.23. The molecule has 3 rings (SSSR count). The molecule has 0 radical (unpaired) electrons. The number of hydrogen-bond donors (Lipinski definition) is 1. The van der Waals surface area contributed by atoms with Crippen molar-refractivity contribution in [3.05, 3.63) is 90.0 Å². The molecule has 116 valence electrons. The Kier molecular flexibility index (Phi) is 4.17. The molecule has 0 saturated heterocycles. The highest BCUT2D eigenvalue weighted by molar-refractivity contribution is 7.91. The molecule has 0 atom stereocenters. The number of phenols is 1. The van der Waals surface area contributed by atoms with E-state index in [-0.39, 0.29) is 15.5 Å². The molecule has 0 spiro atoms. The predicted molar refractivity (Wildman–Crippen MR) is 89.2 cm³/mol. The van der Waals surface area contributed by atoms with Crippen LogP contribution < -0.4 is 0 Å². The maximum Gasteiger partial charge on any atom is 0.210 e. The van der Waals surface area contributed by atoms with E-state index < -0.39 is 9.84 Å². The Bertz CT molecular complexity index is 899. The van der Waals surface area contributed by atoms with Gasteiger partial charge < -0.3 is 5.11 Å². The van der Waals surface area contributed by atoms with Crippen LogP contribution in [0.3, 0.4) is 0 Å². The van der Waals surface area contributed by atoms with Gasteiger partial charge in [0.1, 0.15) is 10.6 Å². The third-order valence-corrected chi connectivity index (χ3v) is 5.46. The lowest BCUT2D eigenvalue weighted by atomic mass is 10.1. The molecule has 3 nitrogen and oxygen atoms in total. The van der Waals surface area contributed by atoms with Crippen molar-refractivity contribution in [3.63, 3.8) is 0 Å². The molecular formula is C19H16O3S. The molecule has 0 saturated carbocycles. The summed E-state index contributed by atoms with van der Waals surface area (Å²) in [5.74, 6) is -0.235. The summed E-state index contributed by atoms with van der Waals surface area (Å²) in [5, 5.41) is 9.78. The fourth-order valence-corrected chi connectivity index (χ4v) is 3.78. The first kappa shape index (κ1) is 15.3. The van der Waals surface area contributed by atoms with Gasteiger partial charge in [0.2, 0.25) is 9.84 Å². The van der Waals surface area contributed by atoms with Crippen LogP contribution >= 0.6 is 0 Å². The molecule has 3 aromatic carbocycles. The molecule has 0 aliphatic heterocycles. The number of aromatic hydroxyl groups is 1. The van der Waals surface area contributed by atoms with Crippen LogP contribution in [0.1, 0.15) is 11.1 Å². The van der Waals surface area contributed by atoms with E-state index in [1.165, 1.54) is 17.7 Å². The average molecular weight is 324 g/mol. The largest absolute Gasteiger partial charge is 0.507 e. The Hall–Kier alpha value is -2.59. The molecule has 23 heavy (non-hydrogen) atoms. The first-order chi connectivity index (χ1) is 11.1. The molecule has 1 N–H and O–H groups in total. The van der Waals surface area contributed by atoms with E-state index in [0.717, 1.165) is 12.0 Å². The van der Waals surface area contributed by atoms with Crippen LogP contribution in [0.4, 0.5) is 0 Å². The van der Waals surface area contributed by atoms with Crippen LogP contribution in [-0.2, 0) is 16.3 Å². The molecule has 0 bridgehead atoms. The second kappa shape index (κ2) is 6.26. The minimum Gasteiger partial charge on any atom is -0.507 e. The second-order valence-electron chi connectivity index (χ2n) is 5.28. The van der Waals surface area contributed by atoms with Crippen molar-refractivity contribution in [2.24, 2.45) is 0 Å². The molecular weight excluding hydrogens is 308 g/mol. The number of rotatable bonds is 4. The Morgan fingerprint density at radius 1 is 0.696 bits per heavy atom. The third kappa shape index (κ3) is 3.27. The Labute approximate surface area is 135 Å². The van der Waals surface area contributed by atoms with Gasteiger partial charge in [-0.1, -0.05) is 54.6 Å². The third-order valence-electron chi connectivity index (χ3n) is 3.64. The maximum absolute atomic E-state index is 12.6. The summed E-state index contributed by atoms with van der Waals surface area (Å²) in [5.41, 5.74) is 2.20. The van der Waals surface area contributed by atoms with E-state index in [0.29, 0.717) is 0 Å². The van der Waals surface area contributed by atoms with Crippen molar-refractivity contribution in [3.8, 4) is 5.75 Å². The maximum atomic E-state index is 12.6. The van der Waals surface area contributed by atoms with Crippen molar-refractivity contribution >= 4 is 9.84 Å². The van der Waals surface area contributed by atoms with E-state index in [9.17, 15) is 13.5 Å². The average Bonchev–Trinajstić information content (AvgIpc) is 2.56. The van der Waals surface area contributed by atoms with E-state index >= 15 is 0 Å². The van der Waals surface area contributed by atoms with E-state index in [1.807, 2.05) is 30.3 Å². The van der Waals surface area contributed by atoms with Crippen molar-refractivity contribution in [2.45, 2.75) is 16.2 Å². The topological polar surface area (TPSA) is 54.4 Å². The van der Waals surface area contributed by atoms with Crippen LogP contribution in [0.25, 0.3) is 0 Å². The summed E-state index contributed by atoms with van der Waals surface area (Å²) >= 11 is 0. The molecule has 0 fully saturated rings. The number of para-hydroxylation sites is 1.